The Labute approximate surface area is 171 Å². The van der Waals surface area contributed by atoms with Gasteiger partial charge in [0, 0.05) is 18.7 Å². The molecule has 0 radical (unpaired) electrons. The predicted octanol–water partition coefficient (Wildman–Crippen LogP) is 4.20. The van der Waals surface area contributed by atoms with Crippen LogP contribution >= 0.6 is 10.7 Å². The number of ether oxygens (including phenoxy) is 1. The summed E-state index contributed by atoms with van der Waals surface area (Å²) in [5.41, 5.74) is 5.30. The maximum atomic E-state index is 9.01. The van der Waals surface area contributed by atoms with Gasteiger partial charge in [0.25, 0.3) is 5.51 Å². The fraction of sp³-hybridized carbons (Fsp3) is 0.143. The molecule has 3 heterocycles. The SMILES string of the molecule is COc1ccc(Cn2cc(-c3nc[s+](Nc4cccc(C#N)n4)c3C)cn2)cc1. The van der Waals surface area contributed by atoms with Gasteiger partial charge >= 0.3 is 0 Å². The monoisotopic (exact) mass is 403 g/mol. The Hall–Kier alpha value is -3.70. The molecule has 1 unspecified atom stereocenters. The van der Waals surface area contributed by atoms with Gasteiger partial charge in [0.15, 0.2) is 5.82 Å². The van der Waals surface area contributed by atoms with Crippen LogP contribution in [0.25, 0.3) is 11.3 Å². The van der Waals surface area contributed by atoms with Gasteiger partial charge < -0.3 is 4.74 Å². The zero-order valence-corrected chi connectivity index (χ0v) is 16.8. The van der Waals surface area contributed by atoms with Crippen molar-refractivity contribution in [2.75, 3.05) is 11.8 Å². The molecule has 4 aromatic rings. The number of hydrogen-bond donors (Lipinski definition) is 1. The summed E-state index contributed by atoms with van der Waals surface area (Å²) in [6.45, 7) is 2.72. The van der Waals surface area contributed by atoms with Crippen LogP contribution in [0.2, 0.25) is 0 Å². The average Bonchev–Trinajstić information content (AvgIpc) is 3.35. The minimum atomic E-state index is -0.381. The van der Waals surface area contributed by atoms with Crippen LogP contribution in [-0.4, -0.2) is 26.9 Å². The number of hydrogen-bond acceptors (Lipinski definition) is 6. The first kappa shape index (κ1) is 18.7. The number of thiazole rings is 1. The Morgan fingerprint density at radius 3 is 2.79 bits per heavy atom. The van der Waals surface area contributed by atoms with Gasteiger partial charge in [-0.25, -0.2) is 4.98 Å². The minimum absolute atomic E-state index is 0.381. The quantitative estimate of drug-likeness (QED) is 0.485. The van der Waals surface area contributed by atoms with Crippen LogP contribution in [0.3, 0.4) is 0 Å². The summed E-state index contributed by atoms with van der Waals surface area (Å²) in [6, 6.07) is 15.3. The van der Waals surface area contributed by atoms with E-state index in [0.29, 0.717) is 18.1 Å². The Morgan fingerprint density at radius 2 is 2.03 bits per heavy atom. The first-order valence-corrected chi connectivity index (χ1v) is 10.2. The molecule has 0 aliphatic heterocycles. The van der Waals surface area contributed by atoms with Crippen molar-refractivity contribution >= 4 is 16.5 Å². The molecule has 1 atom stereocenters. The first-order valence-electron chi connectivity index (χ1n) is 8.94. The average molecular weight is 403 g/mol. The van der Waals surface area contributed by atoms with Crippen LogP contribution in [0.15, 0.2) is 60.4 Å². The molecular weight excluding hydrogens is 384 g/mol. The molecule has 4 rings (SSSR count). The predicted molar refractivity (Wildman–Crippen MR) is 113 cm³/mol. The van der Waals surface area contributed by atoms with Crippen LogP contribution in [0.5, 0.6) is 5.75 Å². The van der Waals surface area contributed by atoms with Crippen LogP contribution in [0.1, 0.15) is 16.1 Å². The number of nitrogens with zero attached hydrogens (tertiary/aromatic N) is 5. The maximum Gasteiger partial charge on any atom is 0.257 e. The van der Waals surface area contributed by atoms with E-state index in [9.17, 15) is 0 Å². The molecule has 1 aromatic carbocycles. The van der Waals surface area contributed by atoms with Crippen molar-refractivity contribution in [3.63, 3.8) is 0 Å². The van der Waals surface area contributed by atoms with Gasteiger partial charge in [-0.2, -0.15) is 20.1 Å². The number of benzene rings is 1. The zero-order valence-electron chi connectivity index (χ0n) is 16.0. The normalized spacial score (nSPS) is 11.1. The smallest absolute Gasteiger partial charge is 0.257 e. The fourth-order valence-electron chi connectivity index (χ4n) is 2.92. The lowest BCUT2D eigenvalue weighted by Gasteiger charge is -2.03. The van der Waals surface area contributed by atoms with Gasteiger partial charge in [0.05, 0.1) is 19.9 Å². The Balaban J connectivity index is 1.51. The third kappa shape index (κ3) is 4.10. The second-order valence-electron chi connectivity index (χ2n) is 6.37. The van der Waals surface area contributed by atoms with E-state index in [1.165, 1.54) is 0 Å². The van der Waals surface area contributed by atoms with Crippen LogP contribution in [0, 0.1) is 18.3 Å². The van der Waals surface area contributed by atoms with E-state index >= 15 is 0 Å². The number of aromatic nitrogens is 4. The Bertz CT molecular complexity index is 1170. The van der Waals surface area contributed by atoms with E-state index in [2.05, 4.69) is 25.9 Å². The fourth-order valence-corrected chi connectivity index (χ4v) is 4.21. The van der Waals surface area contributed by atoms with Gasteiger partial charge in [0.1, 0.15) is 33.9 Å². The van der Waals surface area contributed by atoms with Crippen molar-refractivity contribution in [2.24, 2.45) is 0 Å². The van der Waals surface area contributed by atoms with Gasteiger partial charge in [-0.15, -0.1) is 0 Å². The zero-order chi connectivity index (χ0) is 20.2. The number of nitriles is 1. The molecule has 0 saturated carbocycles. The molecule has 0 aliphatic rings. The lowest BCUT2D eigenvalue weighted by molar-refractivity contribution is 0.414. The first-order chi connectivity index (χ1) is 14.2. The third-order valence-electron chi connectivity index (χ3n) is 4.44. The largest absolute Gasteiger partial charge is 0.497 e. The highest BCUT2D eigenvalue weighted by Gasteiger charge is 2.21. The van der Waals surface area contributed by atoms with Crippen molar-refractivity contribution in [3.8, 4) is 23.1 Å². The lowest BCUT2D eigenvalue weighted by atomic mass is 10.2. The standard InChI is InChI=1S/C21H19N6OS/c1-15-21(23-14-29(15)26-20-5-3-4-18(10-22)25-20)17-11-24-27(13-17)12-16-6-8-19(28-2)9-7-16/h3-9,11,13-14H,12H2,1-2H3,(H,25,26)/q+1. The molecule has 0 fully saturated rings. The second-order valence-corrected chi connectivity index (χ2v) is 8.08. The lowest BCUT2D eigenvalue weighted by Crippen LogP contribution is -1.99. The molecule has 1 N–H and O–H groups in total. The number of anilines is 1. The van der Waals surface area contributed by atoms with Crippen molar-refractivity contribution in [3.05, 3.63) is 76.5 Å². The summed E-state index contributed by atoms with van der Waals surface area (Å²) in [6.07, 6.45) is 3.84. The number of pyridine rings is 1. The van der Waals surface area contributed by atoms with E-state index in [4.69, 9.17) is 10.00 Å². The molecule has 7 nitrogen and oxygen atoms in total. The molecule has 29 heavy (non-hydrogen) atoms. The van der Waals surface area contributed by atoms with Crippen molar-refractivity contribution < 1.29 is 4.74 Å². The topological polar surface area (TPSA) is 88.6 Å². The summed E-state index contributed by atoms with van der Waals surface area (Å²) >= 11 is 0. The van der Waals surface area contributed by atoms with Crippen LogP contribution in [0.4, 0.5) is 5.82 Å². The van der Waals surface area contributed by atoms with Gasteiger partial charge in [-0.3, -0.25) is 4.68 Å². The number of methoxy groups -OCH3 is 1. The molecule has 144 valence electrons. The summed E-state index contributed by atoms with van der Waals surface area (Å²) in [4.78, 5) is 9.98. The third-order valence-corrected chi connectivity index (χ3v) is 6.04. The maximum absolute atomic E-state index is 9.01. The van der Waals surface area contributed by atoms with Crippen LogP contribution in [-0.2, 0) is 6.54 Å². The molecule has 0 spiro atoms. The second kappa shape index (κ2) is 8.12. The molecule has 0 aliphatic carbocycles. The van der Waals surface area contributed by atoms with E-state index in [1.807, 2.05) is 65.9 Å². The summed E-state index contributed by atoms with van der Waals surface area (Å²) in [5.74, 6) is 1.50. The Morgan fingerprint density at radius 1 is 1.21 bits per heavy atom. The van der Waals surface area contributed by atoms with E-state index in [-0.39, 0.29) is 10.7 Å². The molecule has 8 heteroatoms. The molecule has 0 saturated heterocycles. The highest BCUT2D eigenvalue weighted by Crippen LogP contribution is 2.32. The molecule has 0 bridgehead atoms. The van der Waals surface area contributed by atoms with E-state index < -0.39 is 0 Å². The van der Waals surface area contributed by atoms with Crippen molar-refractivity contribution in [2.45, 2.75) is 13.5 Å². The van der Waals surface area contributed by atoms with E-state index in [0.717, 1.165) is 27.4 Å². The van der Waals surface area contributed by atoms with Gasteiger partial charge in [0.2, 0.25) is 4.88 Å². The summed E-state index contributed by atoms with van der Waals surface area (Å²) in [7, 11) is 1.28. The van der Waals surface area contributed by atoms with E-state index in [1.54, 1.807) is 13.2 Å². The summed E-state index contributed by atoms with van der Waals surface area (Å²) in [5, 5.41) is 13.5. The van der Waals surface area contributed by atoms with Crippen molar-refractivity contribution in [1.82, 2.24) is 19.7 Å². The van der Waals surface area contributed by atoms with Gasteiger partial charge in [-0.1, -0.05) is 18.2 Å². The highest BCUT2D eigenvalue weighted by atomic mass is 32.2. The molecule has 0 amide bonds. The highest BCUT2D eigenvalue weighted by molar-refractivity contribution is 7.32. The molecular formula is C21H19N6OS+. The molecule has 3 aromatic heterocycles. The number of rotatable bonds is 6. The Kier molecular flexibility index (Phi) is 5.22. The summed E-state index contributed by atoms with van der Waals surface area (Å²) < 4.78 is 10.4. The van der Waals surface area contributed by atoms with Crippen LogP contribution < -0.4 is 9.46 Å². The van der Waals surface area contributed by atoms with Crippen molar-refractivity contribution in [1.29, 1.82) is 5.26 Å². The number of nitrogens with one attached hydrogen (secondary N) is 1. The van der Waals surface area contributed by atoms with Gasteiger partial charge in [-0.05, 0) is 29.8 Å². The minimum Gasteiger partial charge on any atom is -0.497 e.